The van der Waals surface area contributed by atoms with Crippen molar-refractivity contribution in [3.63, 3.8) is 0 Å². The number of hydrogen-bond acceptors (Lipinski definition) is 10. The Morgan fingerprint density at radius 3 is 3.12 bits per heavy atom. The van der Waals surface area contributed by atoms with Crippen molar-refractivity contribution in [2.24, 2.45) is 0 Å². The minimum atomic E-state index is -4.21. The lowest BCUT2D eigenvalue weighted by atomic mass is 10.1. The number of phosphoric acid groups is 1. The Morgan fingerprint density at radius 1 is 1.54 bits per heavy atom. The van der Waals surface area contributed by atoms with Crippen LogP contribution in [0.1, 0.15) is 6.23 Å². The molecule has 4 N–H and O–H groups in total. The van der Waals surface area contributed by atoms with E-state index >= 15 is 0 Å². The summed E-state index contributed by atoms with van der Waals surface area (Å²) in [5, 5.41) is 11.2. The molecule has 0 amide bonds. The number of imidazole rings is 1. The van der Waals surface area contributed by atoms with Gasteiger partial charge in [0.15, 0.2) is 28.4 Å². The Morgan fingerprint density at radius 2 is 2.35 bits per heavy atom. The molecule has 0 aliphatic carbocycles. The fourth-order valence-electron chi connectivity index (χ4n) is 2.92. The summed E-state index contributed by atoms with van der Waals surface area (Å²) in [6.07, 6.45) is -0.919. The number of anilines is 1. The molecule has 0 saturated carbocycles. The number of rotatable bonds is 4. The first-order valence-corrected chi connectivity index (χ1v) is 10.1. The van der Waals surface area contributed by atoms with Crippen LogP contribution in [0.5, 0.6) is 0 Å². The van der Waals surface area contributed by atoms with Gasteiger partial charge in [0.25, 0.3) is 0 Å². The van der Waals surface area contributed by atoms with Crippen molar-refractivity contribution in [2.75, 3.05) is 18.1 Å². The Bertz CT molecular complexity index is 909. The molecule has 0 spiro atoms. The minimum absolute atomic E-state index is 0.176. The van der Waals surface area contributed by atoms with Crippen LogP contribution in [-0.4, -0.2) is 60.2 Å². The Labute approximate surface area is 151 Å². The fourth-order valence-corrected chi connectivity index (χ4v) is 4.64. The topological polar surface area (TPSA) is 155 Å². The lowest BCUT2D eigenvalue weighted by molar-refractivity contribution is -0.0684. The van der Waals surface area contributed by atoms with Gasteiger partial charge in [0, 0.05) is 5.75 Å². The molecule has 4 rings (SSSR count). The summed E-state index contributed by atoms with van der Waals surface area (Å²) in [7, 11) is -4.21. The van der Waals surface area contributed by atoms with E-state index in [0.717, 1.165) is 0 Å². The van der Waals surface area contributed by atoms with Crippen LogP contribution in [0, 0.1) is 0 Å². The van der Waals surface area contributed by atoms with Gasteiger partial charge in [0.1, 0.15) is 24.6 Å². The molecule has 140 valence electrons. The van der Waals surface area contributed by atoms with Gasteiger partial charge < -0.3 is 20.5 Å². The van der Waals surface area contributed by atoms with Crippen molar-refractivity contribution in [1.29, 1.82) is 0 Å². The van der Waals surface area contributed by atoms with Gasteiger partial charge in [0.2, 0.25) is 0 Å². The molecule has 2 saturated heterocycles. The molecule has 0 radical (unpaired) electrons. The number of hydrogen-bond donors (Lipinski definition) is 3. The molecule has 2 aromatic rings. The van der Waals surface area contributed by atoms with Gasteiger partial charge in [-0.25, -0.2) is 19.5 Å². The van der Waals surface area contributed by atoms with Crippen molar-refractivity contribution in [3.05, 3.63) is 19.0 Å². The van der Waals surface area contributed by atoms with Crippen LogP contribution in [0.4, 0.5) is 5.82 Å². The Balaban J connectivity index is 1.77. The zero-order valence-electron chi connectivity index (χ0n) is 13.3. The Hall–Kier alpha value is -1.53. The first kappa shape index (κ1) is 17.9. The third-order valence-electron chi connectivity index (χ3n) is 4.02. The van der Waals surface area contributed by atoms with Gasteiger partial charge in [0.05, 0.1) is 6.61 Å². The normalized spacial score (nSPS) is 34.1. The predicted octanol–water partition coefficient (Wildman–Crippen LogP) is 0.461. The second kappa shape index (κ2) is 6.57. The molecule has 26 heavy (non-hydrogen) atoms. The number of fused-ring (bicyclic) bond motifs is 2. The molecule has 0 bridgehead atoms. The summed E-state index contributed by atoms with van der Waals surface area (Å²) >= 11 is 1.35. The maximum atomic E-state index is 11.7. The van der Waals surface area contributed by atoms with E-state index in [9.17, 15) is 14.6 Å². The highest BCUT2D eigenvalue weighted by Gasteiger charge is 2.53. The summed E-state index contributed by atoms with van der Waals surface area (Å²) in [5.41, 5.74) is 6.62. The van der Waals surface area contributed by atoms with Crippen LogP contribution < -0.4 is 5.73 Å². The summed E-state index contributed by atoms with van der Waals surface area (Å²) in [4.78, 5) is 22.1. The zero-order valence-corrected chi connectivity index (χ0v) is 15.0. The van der Waals surface area contributed by atoms with E-state index in [1.165, 1.54) is 18.1 Å². The molecule has 0 aromatic carbocycles. The van der Waals surface area contributed by atoms with E-state index in [-0.39, 0.29) is 12.4 Å². The van der Waals surface area contributed by atoms with Crippen LogP contribution in [-0.2, 0) is 18.3 Å². The molecule has 2 aromatic heterocycles. The van der Waals surface area contributed by atoms with Gasteiger partial charge in [-0.2, -0.15) is 0 Å². The highest BCUT2D eigenvalue weighted by atomic mass is 32.2. The van der Waals surface area contributed by atoms with Crippen molar-refractivity contribution < 1.29 is 28.3 Å². The van der Waals surface area contributed by atoms with Crippen LogP contribution in [0.25, 0.3) is 11.2 Å². The second-order valence-electron chi connectivity index (χ2n) is 5.69. The number of phosphoric ester groups is 1. The standard InChI is InChI=1S/C13H16N5O6PS/c1-2-3-26-13-17-7-10(14)15-5-16-11(7)18(13)12-8(19)9-6(23-12)4-22-25(20,21)24-9/h2,5-6,8-9,12,19H,1,3-4H2,(H,20,21)(H2,14,15,16)/t6-,8-,9-,12-/m1/s1. The molecule has 13 heteroatoms. The van der Waals surface area contributed by atoms with Crippen LogP contribution >= 0.6 is 19.6 Å². The highest BCUT2D eigenvalue weighted by molar-refractivity contribution is 7.99. The number of nitrogens with two attached hydrogens (primary N) is 1. The smallest absolute Gasteiger partial charge is 0.386 e. The zero-order chi connectivity index (χ0) is 18.5. The summed E-state index contributed by atoms with van der Waals surface area (Å²) in [5.74, 6) is 0.746. The quantitative estimate of drug-likeness (QED) is 0.372. The number of aromatic nitrogens is 4. The summed E-state index contributed by atoms with van der Waals surface area (Å²) in [6.45, 7) is 3.50. The van der Waals surface area contributed by atoms with E-state index in [0.29, 0.717) is 22.1 Å². The third kappa shape index (κ3) is 2.93. The van der Waals surface area contributed by atoms with E-state index in [4.69, 9.17) is 19.5 Å². The Kier molecular flexibility index (Phi) is 4.51. The van der Waals surface area contributed by atoms with Crippen LogP contribution in [0.15, 0.2) is 24.1 Å². The molecule has 2 fully saturated rings. The minimum Gasteiger partial charge on any atom is -0.386 e. The predicted molar refractivity (Wildman–Crippen MR) is 91.2 cm³/mol. The van der Waals surface area contributed by atoms with Crippen molar-refractivity contribution >= 4 is 36.6 Å². The first-order chi connectivity index (χ1) is 12.4. The average molecular weight is 401 g/mol. The van der Waals surface area contributed by atoms with Crippen molar-refractivity contribution in [1.82, 2.24) is 19.5 Å². The van der Waals surface area contributed by atoms with E-state index in [1.807, 2.05) is 0 Å². The average Bonchev–Trinajstić information content (AvgIpc) is 3.11. The van der Waals surface area contributed by atoms with Gasteiger partial charge in [-0.15, -0.1) is 6.58 Å². The van der Waals surface area contributed by atoms with Crippen molar-refractivity contribution in [2.45, 2.75) is 29.7 Å². The molecular weight excluding hydrogens is 385 g/mol. The van der Waals surface area contributed by atoms with E-state index in [2.05, 4.69) is 21.5 Å². The summed E-state index contributed by atoms with van der Waals surface area (Å²) in [6, 6.07) is 0. The molecule has 5 atom stereocenters. The molecule has 11 nitrogen and oxygen atoms in total. The fraction of sp³-hybridized carbons (Fsp3) is 0.462. The number of aliphatic hydroxyl groups excluding tert-OH is 1. The first-order valence-electron chi connectivity index (χ1n) is 7.62. The molecule has 2 aliphatic heterocycles. The number of nitrogens with zero attached hydrogens (tertiary/aromatic N) is 4. The number of nitrogen functional groups attached to an aromatic ring is 1. The third-order valence-corrected chi connectivity index (χ3v) is 5.96. The van der Waals surface area contributed by atoms with E-state index in [1.54, 1.807) is 10.6 Å². The van der Waals surface area contributed by atoms with Gasteiger partial charge in [-0.05, 0) is 0 Å². The highest BCUT2D eigenvalue weighted by Crippen LogP contribution is 2.53. The number of thioether (sulfide) groups is 1. The largest absolute Gasteiger partial charge is 0.472 e. The lowest BCUT2D eigenvalue weighted by Crippen LogP contribution is -2.39. The summed E-state index contributed by atoms with van der Waals surface area (Å²) < 4.78 is 28.8. The molecule has 1 unspecified atom stereocenters. The maximum absolute atomic E-state index is 11.7. The van der Waals surface area contributed by atoms with Gasteiger partial charge >= 0.3 is 7.82 Å². The lowest BCUT2D eigenvalue weighted by Gasteiger charge is -2.27. The SMILES string of the molecule is C=CCSc1nc2c(N)ncnc2n1[C@@H]1O[C@@H]2COP(=O)(O)O[C@H]2[C@H]1O. The molecular formula is C13H16N5O6PS. The molecule has 2 aliphatic rings. The number of aliphatic hydroxyl groups is 1. The maximum Gasteiger partial charge on any atom is 0.472 e. The van der Waals surface area contributed by atoms with Gasteiger partial charge in [-0.3, -0.25) is 13.6 Å². The monoisotopic (exact) mass is 401 g/mol. The van der Waals surface area contributed by atoms with Crippen LogP contribution in [0.2, 0.25) is 0 Å². The van der Waals surface area contributed by atoms with E-state index < -0.39 is 32.4 Å². The second-order valence-corrected chi connectivity index (χ2v) is 8.08. The molecule has 4 heterocycles. The number of ether oxygens (including phenoxy) is 1. The van der Waals surface area contributed by atoms with Gasteiger partial charge in [-0.1, -0.05) is 17.8 Å². The van der Waals surface area contributed by atoms with Crippen molar-refractivity contribution in [3.8, 4) is 0 Å². The van der Waals surface area contributed by atoms with Crippen LogP contribution in [0.3, 0.4) is 0 Å².